The van der Waals surface area contributed by atoms with Gasteiger partial charge in [0.15, 0.2) is 5.82 Å². The molecule has 2 atom stereocenters. The number of aliphatic hydroxyl groups is 1. The number of anilines is 1. The fourth-order valence-corrected chi connectivity index (χ4v) is 2.94. The van der Waals surface area contributed by atoms with Crippen LogP contribution in [0.2, 0.25) is 0 Å². The van der Waals surface area contributed by atoms with Crippen LogP contribution in [0.1, 0.15) is 25.7 Å². The first kappa shape index (κ1) is 10.7. The van der Waals surface area contributed by atoms with Gasteiger partial charge in [-0.1, -0.05) is 24.6 Å². The highest BCUT2D eigenvalue weighted by Gasteiger charge is 2.25. The first-order chi connectivity index (χ1) is 7.27. The van der Waals surface area contributed by atoms with Crippen LogP contribution in [0, 0.1) is 0 Å². The van der Waals surface area contributed by atoms with E-state index in [1.54, 1.807) is 24.2 Å². The molecule has 0 amide bonds. The molecular weight excluding hydrogens is 210 g/mol. The molecule has 4 nitrogen and oxygen atoms in total. The molecule has 0 aliphatic heterocycles. The van der Waals surface area contributed by atoms with Gasteiger partial charge in [0.2, 0.25) is 0 Å². The van der Waals surface area contributed by atoms with Crippen LogP contribution in [0.4, 0.5) is 5.82 Å². The van der Waals surface area contributed by atoms with Crippen LogP contribution < -0.4 is 5.73 Å². The molecule has 1 aliphatic carbocycles. The zero-order valence-corrected chi connectivity index (χ0v) is 9.28. The smallest absolute Gasteiger partial charge is 0.156 e. The van der Waals surface area contributed by atoms with Crippen molar-refractivity contribution in [3.05, 3.63) is 12.4 Å². The van der Waals surface area contributed by atoms with Gasteiger partial charge in [0.1, 0.15) is 5.03 Å². The van der Waals surface area contributed by atoms with Crippen LogP contribution in [0.3, 0.4) is 0 Å². The lowest BCUT2D eigenvalue weighted by Crippen LogP contribution is -2.26. The second kappa shape index (κ2) is 4.81. The van der Waals surface area contributed by atoms with Crippen LogP contribution in [-0.4, -0.2) is 26.4 Å². The largest absolute Gasteiger partial charge is 0.392 e. The van der Waals surface area contributed by atoms with E-state index in [1.165, 1.54) is 6.42 Å². The maximum Gasteiger partial charge on any atom is 0.156 e. The molecule has 2 rings (SSSR count). The first-order valence-electron chi connectivity index (χ1n) is 5.18. The van der Waals surface area contributed by atoms with Gasteiger partial charge in [-0.15, -0.1) is 0 Å². The molecule has 1 heterocycles. The van der Waals surface area contributed by atoms with E-state index in [0.717, 1.165) is 24.3 Å². The summed E-state index contributed by atoms with van der Waals surface area (Å²) in [6.45, 7) is 0. The van der Waals surface area contributed by atoms with E-state index >= 15 is 0 Å². The molecule has 1 fully saturated rings. The predicted molar refractivity (Wildman–Crippen MR) is 60.6 cm³/mol. The summed E-state index contributed by atoms with van der Waals surface area (Å²) in [5.41, 5.74) is 5.71. The molecule has 0 bridgehead atoms. The van der Waals surface area contributed by atoms with Gasteiger partial charge < -0.3 is 10.8 Å². The van der Waals surface area contributed by atoms with E-state index in [2.05, 4.69) is 9.97 Å². The summed E-state index contributed by atoms with van der Waals surface area (Å²) in [7, 11) is 0. The fourth-order valence-electron chi connectivity index (χ4n) is 1.78. The Morgan fingerprint density at radius 3 is 2.73 bits per heavy atom. The van der Waals surface area contributed by atoms with Crippen molar-refractivity contribution in [2.24, 2.45) is 0 Å². The molecule has 0 aromatic carbocycles. The summed E-state index contributed by atoms with van der Waals surface area (Å²) in [5.74, 6) is 0.459. The van der Waals surface area contributed by atoms with E-state index < -0.39 is 0 Å². The SMILES string of the molecule is Nc1nccnc1SC1CCCCC1O. The molecular formula is C10H15N3OS. The third kappa shape index (κ3) is 2.60. The number of rotatable bonds is 2. The van der Waals surface area contributed by atoms with Crippen LogP contribution >= 0.6 is 11.8 Å². The van der Waals surface area contributed by atoms with Crippen molar-refractivity contribution >= 4 is 17.6 Å². The topological polar surface area (TPSA) is 72.0 Å². The lowest BCUT2D eigenvalue weighted by molar-refractivity contribution is 0.137. The summed E-state index contributed by atoms with van der Waals surface area (Å²) in [6, 6.07) is 0. The molecule has 1 aromatic rings. The second-order valence-corrected chi connectivity index (χ2v) is 4.98. The van der Waals surface area contributed by atoms with E-state index in [4.69, 9.17) is 5.73 Å². The summed E-state index contributed by atoms with van der Waals surface area (Å²) < 4.78 is 0. The average Bonchev–Trinajstić information content (AvgIpc) is 2.24. The van der Waals surface area contributed by atoms with E-state index in [9.17, 15) is 5.11 Å². The minimum Gasteiger partial charge on any atom is -0.392 e. The Bertz CT molecular complexity index is 334. The predicted octanol–water partition coefficient (Wildman–Crippen LogP) is 1.45. The molecule has 0 radical (unpaired) electrons. The van der Waals surface area contributed by atoms with Gasteiger partial charge in [0.05, 0.1) is 6.10 Å². The molecule has 15 heavy (non-hydrogen) atoms. The summed E-state index contributed by atoms with van der Waals surface area (Å²) in [5, 5.41) is 10.8. The van der Waals surface area contributed by atoms with Crippen LogP contribution in [-0.2, 0) is 0 Å². The van der Waals surface area contributed by atoms with Crippen molar-refractivity contribution in [3.8, 4) is 0 Å². The van der Waals surface area contributed by atoms with Crippen molar-refractivity contribution in [2.45, 2.75) is 42.1 Å². The number of nitrogens with zero attached hydrogens (tertiary/aromatic N) is 2. The van der Waals surface area contributed by atoms with E-state index in [0.29, 0.717) is 5.82 Å². The Morgan fingerprint density at radius 2 is 2.00 bits per heavy atom. The Morgan fingerprint density at radius 1 is 1.27 bits per heavy atom. The van der Waals surface area contributed by atoms with Crippen molar-refractivity contribution in [2.75, 3.05) is 5.73 Å². The molecule has 0 spiro atoms. The highest BCUT2D eigenvalue weighted by atomic mass is 32.2. The number of nitrogen functional groups attached to an aromatic ring is 1. The third-order valence-electron chi connectivity index (χ3n) is 2.62. The zero-order valence-electron chi connectivity index (χ0n) is 8.47. The lowest BCUT2D eigenvalue weighted by atomic mass is 9.97. The van der Waals surface area contributed by atoms with Gasteiger partial charge in [-0.05, 0) is 12.8 Å². The van der Waals surface area contributed by atoms with Crippen LogP contribution in [0.5, 0.6) is 0 Å². The normalized spacial score (nSPS) is 26.5. The van der Waals surface area contributed by atoms with Crippen LogP contribution in [0.15, 0.2) is 17.4 Å². The monoisotopic (exact) mass is 225 g/mol. The number of hydrogen-bond donors (Lipinski definition) is 2. The maximum atomic E-state index is 9.81. The van der Waals surface area contributed by atoms with Crippen molar-refractivity contribution in [1.82, 2.24) is 9.97 Å². The molecule has 3 N–H and O–H groups in total. The lowest BCUT2D eigenvalue weighted by Gasteiger charge is -2.26. The highest BCUT2D eigenvalue weighted by Crippen LogP contribution is 2.34. The first-order valence-corrected chi connectivity index (χ1v) is 6.06. The number of nitrogens with two attached hydrogens (primary N) is 1. The molecule has 1 aliphatic rings. The standard InChI is InChI=1S/C10H15N3OS/c11-9-10(13-6-5-12-9)15-8-4-2-1-3-7(8)14/h5-8,14H,1-4H2,(H2,11,12). The Labute approximate surface area is 93.3 Å². The van der Waals surface area contributed by atoms with Crippen molar-refractivity contribution in [3.63, 3.8) is 0 Å². The maximum absolute atomic E-state index is 9.81. The minimum atomic E-state index is -0.231. The molecule has 1 aromatic heterocycles. The minimum absolute atomic E-state index is 0.220. The molecule has 2 unspecified atom stereocenters. The third-order valence-corrected chi connectivity index (χ3v) is 4.01. The molecule has 0 saturated heterocycles. The number of aromatic nitrogens is 2. The van der Waals surface area contributed by atoms with Crippen molar-refractivity contribution in [1.29, 1.82) is 0 Å². The van der Waals surface area contributed by atoms with Gasteiger partial charge in [-0.2, -0.15) is 0 Å². The molecule has 1 saturated carbocycles. The van der Waals surface area contributed by atoms with E-state index in [1.807, 2.05) is 0 Å². The summed E-state index contributed by atoms with van der Waals surface area (Å²) in [4.78, 5) is 8.15. The average molecular weight is 225 g/mol. The zero-order chi connectivity index (χ0) is 10.7. The summed E-state index contributed by atoms with van der Waals surface area (Å²) in [6.07, 6.45) is 7.19. The Hall–Kier alpha value is -0.810. The van der Waals surface area contributed by atoms with Gasteiger partial charge >= 0.3 is 0 Å². The number of aliphatic hydroxyl groups excluding tert-OH is 1. The second-order valence-electron chi connectivity index (χ2n) is 3.75. The fraction of sp³-hybridized carbons (Fsp3) is 0.600. The Kier molecular flexibility index (Phi) is 3.43. The van der Waals surface area contributed by atoms with Gasteiger partial charge in [-0.25, -0.2) is 9.97 Å². The van der Waals surface area contributed by atoms with Gasteiger partial charge in [0, 0.05) is 17.6 Å². The highest BCUT2D eigenvalue weighted by molar-refractivity contribution is 8.00. The Balaban J connectivity index is 2.04. The van der Waals surface area contributed by atoms with E-state index in [-0.39, 0.29) is 11.4 Å². The number of hydrogen-bond acceptors (Lipinski definition) is 5. The van der Waals surface area contributed by atoms with Crippen LogP contribution in [0.25, 0.3) is 0 Å². The molecule has 5 heteroatoms. The van der Waals surface area contributed by atoms with Crippen molar-refractivity contribution < 1.29 is 5.11 Å². The summed E-state index contributed by atoms with van der Waals surface area (Å²) >= 11 is 1.55. The number of thioether (sulfide) groups is 1. The molecule has 82 valence electrons. The van der Waals surface area contributed by atoms with Gasteiger partial charge in [-0.3, -0.25) is 0 Å². The quantitative estimate of drug-likeness (QED) is 0.797. The van der Waals surface area contributed by atoms with Gasteiger partial charge in [0.25, 0.3) is 0 Å².